The highest BCUT2D eigenvalue weighted by Gasteiger charge is 2.59. The molecule has 2 unspecified atom stereocenters. The number of nitrogens with one attached hydrogen (secondary N) is 1. The van der Waals surface area contributed by atoms with E-state index in [0.29, 0.717) is 17.0 Å². The minimum absolute atomic E-state index is 0.154. The third-order valence-corrected chi connectivity index (χ3v) is 7.95. The van der Waals surface area contributed by atoms with Crippen LogP contribution in [-0.2, 0) is 4.79 Å². The summed E-state index contributed by atoms with van der Waals surface area (Å²) in [5.74, 6) is 1.54. The maximum atomic E-state index is 13.2. The van der Waals surface area contributed by atoms with E-state index in [1.54, 1.807) is 0 Å². The number of amides is 1. The fraction of sp³-hybridized carbons (Fsp3) is 0.526. The number of nitrogens with zero attached hydrogens (tertiary/aromatic N) is 2. The number of carbonyl (C=O) groups excluding carboxylic acids is 1. The number of rotatable bonds is 3. The summed E-state index contributed by atoms with van der Waals surface area (Å²) in [6.45, 7) is 0. The van der Waals surface area contributed by atoms with Crippen LogP contribution in [0.2, 0.25) is 0 Å². The Balaban J connectivity index is 1.37. The third-order valence-electron chi connectivity index (χ3n) is 6.14. The zero-order chi connectivity index (χ0) is 17.1. The number of carbonyl (C=O) groups is 1. The Morgan fingerprint density at radius 3 is 2.52 bits per heavy atom. The van der Waals surface area contributed by atoms with Crippen molar-refractivity contribution >= 4 is 38.3 Å². The second-order valence-corrected chi connectivity index (χ2v) is 10.8. The van der Waals surface area contributed by atoms with E-state index in [0.717, 1.165) is 29.8 Å². The van der Waals surface area contributed by atoms with Gasteiger partial charge in [0.05, 0.1) is 5.41 Å². The number of halogens is 1. The van der Waals surface area contributed by atoms with Gasteiger partial charge in [0, 0.05) is 9.89 Å². The monoisotopic (exact) mass is 417 g/mol. The Morgan fingerprint density at radius 1 is 1.12 bits per heavy atom. The van der Waals surface area contributed by atoms with Crippen LogP contribution in [0.25, 0.3) is 10.6 Å². The molecular formula is C19H20BrN3OS. The van der Waals surface area contributed by atoms with Gasteiger partial charge in [0.15, 0.2) is 0 Å². The van der Waals surface area contributed by atoms with E-state index in [9.17, 15) is 4.79 Å². The lowest BCUT2D eigenvalue weighted by Crippen LogP contribution is -2.57. The Bertz CT molecular complexity index is 807. The van der Waals surface area contributed by atoms with Crippen LogP contribution in [0.5, 0.6) is 0 Å². The molecule has 0 aliphatic heterocycles. The second kappa shape index (κ2) is 5.61. The Labute approximate surface area is 159 Å². The highest BCUT2D eigenvalue weighted by molar-refractivity contribution is 9.10. The molecule has 1 heterocycles. The van der Waals surface area contributed by atoms with Crippen LogP contribution >= 0.6 is 27.3 Å². The Kier molecular flexibility index (Phi) is 3.58. The van der Waals surface area contributed by atoms with Crippen molar-refractivity contribution < 1.29 is 4.79 Å². The van der Waals surface area contributed by atoms with Crippen LogP contribution in [0.15, 0.2) is 30.3 Å². The first-order valence-electron chi connectivity index (χ1n) is 8.93. The molecule has 0 spiro atoms. The van der Waals surface area contributed by atoms with Gasteiger partial charge in [-0.05, 0) is 50.4 Å². The molecule has 4 fully saturated rings. The predicted molar refractivity (Wildman–Crippen MR) is 103 cm³/mol. The van der Waals surface area contributed by atoms with Crippen molar-refractivity contribution in [2.45, 2.75) is 42.8 Å². The van der Waals surface area contributed by atoms with Crippen molar-refractivity contribution in [3.8, 4) is 10.6 Å². The fourth-order valence-electron chi connectivity index (χ4n) is 5.62. The number of hydrogen-bond donors (Lipinski definition) is 1. The summed E-state index contributed by atoms with van der Waals surface area (Å²) in [7, 11) is 0. The molecule has 0 radical (unpaired) electrons. The van der Waals surface area contributed by atoms with E-state index in [2.05, 4.69) is 31.4 Å². The normalized spacial score (nSPS) is 35.7. The van der Waals surface area contributed by atoms with Gasteiger partial charge in [0.25, 0.3) is 0 Å². The zero-order valence-corrected chi connectivity index (χ0v) is 16.3. The molecule has 1 aromatic heterocycles. The number of anilines is 1. The number of benzene rings is 1. The van der Waals surface area contributed by atoms with Crippen molar-refractivity contribution in [2.24, 2.45) is 17.3 Å². The summed E-state index contributed by atoms with van der Waals surface area (Å²) < 4.78 is 0.185. The molecule has 4 aliphatic rings. The molecule has 1 aromatic carbocycles. The van der Waals surface area contributed by atoms with Crippen LogP contribution in [0, 0.1) is 17.3 Å². The third kappa shape index (κ3) is 2.74. The highest BCUT2D eigenvalue weighted by atomic mass is 79.9. The van der Waals surface area contributed by atoms with Gasteiger partial charge in [0.1, 0.15) is 5.01 Å². The molecule has 130 valence electrons. The maximum absolute atomic E-state index is 13.2. The lowest BCUT2D eigenvalue weighted by molar-refractivity contribution is -0.138. The van der Waals surface area contributed by atoms with Gasteiger partial charge in [0.2, 0.25) is 11.0 Å². The van der Waals surface area contributed by atoms with E-state index in [4.69, 9.17) is 0 Å². The van der Waals surface area contributed by atoms with Crippen LogP contribution in [0.4, 0.5) is 5.13 Å². The molecule has 4 nitrogen and oxygen atoms in total. The zero-order valence-electron chi connectivity index (χ0n) is 13.9. The smallest absolute Gasteiger partial charge is 0.232 e. The van der Waals surface area contributed by atoms with Crippen LogP contribution < -0.4 is 5.32 Å². The summed E-state index contributed by atoms with van der Waals surface area (Å²) in [5, 5.41) is 13.0. The van der Waals surface area contributed by atoms with Gasteiger partial charge < -0.3 is 5.32 Å². The Hall–Kier alpha value is -1.27. The summed E-state index contributed by atoms with van der Waals surface area (Å²) in [4.78, 5) is 13.2. The largest absolute Gasteiger partial charge is 0.300 e. The van der Waals surface area contributed by atoms with Gasteiger partial charge >= 0.3 is 0 Å². The Morgan fingerprint density at radius 2 is 1.84 bits per heavy atom. The number of alkyl halides is 1. The van der Waals surface area contributed by atoms with Gasteiger partial charge in [-0.2, -0.15) is 0 Å². The van der Waals surface area contributed by atoms with Gasteiger partial charge in [-0.3, -0.25) is 4.79 Å². The molecule has 4 saturated carbocycles. The lowest BCUT2D eigenvalue weighted by Gasteiger charge is -2.59. The maximum Gasteiger partial charge on any atom is 0.232 e. The van der Waals surface area contributed by atoms with Crippen LogP contribution in [0.1, 0.15) is 38.5 Å². The van der Waals surface area contributed by atoms with Gasteiger partial charge in [-0.1, -0.05) is 57.6 Å². The predicted octanol–water partition coefficient (Wildman–Crippen LogP) is 4.88. The first kappa shape index (κ1) is 15.9. The molecule has 6 rings (SSSR count). The van der Waals surface area contributed by atoms with Crippen molar-refractivity contribution in [1.29, 1.82) is 0 Å². The summed E-state index contributed by atoms with van der Waals surface area (Å²) in [5.41, 5.74) is 0.821. The van der Waals surface area contributed by atoms with E-state index in [-0.39, 0.29) is 15.6 Å². The molecule has 2 aromatic rings. The molecular weight excluding hydrogens is 398 g/mol. The molecule has 4 aliphatic carbocycles. The average Bonchev–Trinajstić information content (AvgIpc) is 3.02. The summed E-state index contributed by atoms with van der Waals surface area (Å²) >= 11 is 5.43. The molecule has 6 heteroatoms. The molecule has 2 atom stereocenters. The van der Waals surface area contributed by atoms with Crippen LogP contribution in [0.3, 0.4) is 0 Å². The van der Waals surface area contributed by atoms with Crippen molar-refractivity contribution in [3.63, 3.8) is 0 Å². The topological polar surface area (TPSA) is 54.9 Å². The number of hydrogen-bond acceptors (Lipinski definition) is 4. The van der Waals surface area contributed by atoms with E-state index < -0.39 is 0 Å². The van der Waals surface area contributed by atoms with Crippen molar-refractivity contribution in [2.75, 3.05) is 5.32 Å². The molecule has 4 bridgehead atoms. The average molecular weight is 418 g/mol. The van der Waals surface area contributed by atoms with E-state index in [1.807, 2.05) is 30.3 Å². The number of aromatic nitrogens is 2. The SMILES string of the molecule is O=C(Nc1nnc(-c2ccccc2)s1)C12CC3CC(CC(Br)(C3)C1)C2. The summed E-state index contributed by atoms with van der Waals surface area (Å²) in [6.07, 6.45) is 6.80. The minimum atomic E-state index is -0.216. The quantitative estimate of drug-likeness (QED) is 0.723. The second-order valence-electron chi connectivity index (χ2n) is 8.12. The molecule has 1 N–H and O–H groups in total. The first-order chi connectivity index (χ1) is 12.0. The first-order valence-corrected chi connectivity index (χ1v) is 10.5. The highest BCUT2D eigenvalue weighted by Crippen LogP contribution is 2.64. The molecule has 25 heavy (non-hydrogen) atoms. The van der Waals surface area contributed by atoms with Gasteiger partial charge in [-0.15, -0.1) is 10.2 Å². The van der Waals surface area contributed by atoms with E-state index >= 15 is 0 Å². The van der Waals surface area contributed by atoms with Crippen molar-refractivity contribution in [1.82, 2.24) is 10.2 Å². The lowest BCUT2D eigenvalue weighted by atomic mass is 9.49. The standard InChI is InChI=1S/C19H20BrN3OS/c20-19-9-12-6-13(10-19)8-18(7-12,11-19)16(24)21-17-23-22-15(25-17)14-4-2-1-3-5-14/h1-5,12-13H,6-11H2,(H,21,23,24). The van der Waals surface area contributed by atoms with Crippen LogP contribution in [-0.4, -0.2) is 20.4 Å². The minimum Gasteiger partial charge on any atom is -0.300 e. The molecule has 0 saturated heterocycles. The van der Waals surface area contributed by atoms with Crippen molar-refractivity contribution in [3.05, 3.63) is 30.3 Å². The fourth-order valence-corrected chi connectivity index (χ4v) is 7.81. The van der Waals surface area contributed by atoms with E-state index in [1.165, 1.54) is 30.6 Å². The molecule has 1 amide bonds. The van der Waals surface area contributed by atoms with Gasteiger partial charge in [-0.25, -0.2) is 0 Å². The summed E-state index contributed by atoms with van der Waals surface area (Å²) in [6, 6.07) is 9.98.